The number of thiazole rings is 1. The molecule has 3 atom stereocenters. The van der Waals surface area contributed by atoms with Crippen molar-refractivity contribution >= 4 is 17.2 Å². The van der Waals surface area contributed by atoms with Crippen LogP contribution in [0.4, 0.5) is 0 Å². The first-order valence-electron chi connectivity index (χ1n) is 7.17. The van der Waals surface area contributed by atoms with Crippen LogP contribution < -0.4 is 0 Å². The molecule has 1 amide bonds. The zero-order chi connectivity index (χ0) is 14.8. The van der Waals surface area contributed by atoms with Gasteiger partial charge in [0.1, 0.15) is 11.6 Å². The molecule has 2 fully saturated rings. The highest BCUT2D eigenvalue weighted by molar-refractivity contribution is 7.09. The molecule has 1 aromatic heterocycles. The van der Waals surface area contributed by atoms with Crippen LogP contribution in [0.2, 0.25) is 0 Å². The van der Waals surface area contributed by atoms with E-state index in [-0.39, 0.29) is 18.6 Å². The predicted octanol–water partition coefficient (Wildman–Crippen LogP) is 0.447. The summed E-state index contributed by atoms with van der Waals surface area (Å²) in [5, 5.41) is 3.11. The number of nitrogens with zero attached hydrogens (tertiary/aromatic N) is 3. The molecule has 3 heterocycles. The Morgan fingerprint density at radius 1 is 1.57 bits per heavy atom. The minimum absolute atomic E-state index is 0.00355. The Hall–Kier alpha value is -1.02. The van der Waals surface area contributed by atoms with E-state index in [4.69, 9.17) is 9.47 Å². The standard InChI is InChI=1S/C14H21N3O3S/c1-16(2)14(18)9-20-12-5-17(6-13-15-3-4-21-13)11-8-19-7-10(11)12/h3-4,10-12H,5-9H2,1-2H3/t10-,11+,12-/m1/s1. The quantitative estimate of drug-likeness (QED) is 0.790. The van der Waals surface area contributed by atoms with Crippen LogP contribution in [0, 0.1) is 5.92 Å². The highest BCUT2D eigenvalue weighted by atomic mass is 32.1. The van der Waals surface area contributed by atoms with Crippen molar-refractivity contribution in [3.05, 3.63) is 16.6 Å². The highest BCUT2D eigenvalue weighted by Gasteiger charge is 2.46. The van der Waals surface area contributed by atoms with Gasteiger partial charge in [-0.25, -0.2) is 4.98 Å². The smallest absolute Gasteiger partial charge is 0.248 e. The van der Waals surface area contributed by atoms with Crippen LogP contribution in [0.1, 0.15) is 5.01 Å². The maximum atomic E-state index is 11.7. The molecule has 0 aliphatic carbocycles. The van der Waals surface area contributed by atoms with Gasteiger partial charge in [0.25, 0.3) is 0 Å². The number of ether oxygens (including phenoxy) is 2. The predicted molar refractivity (Wildman–Crippen MR) is 79.1 cm³/mol. The molecule has 0 unspecified atom stereocenters. The number of likely N-dealkylation sites (N-methyl/N-ethyl adjacent to an activating group) is 1. The summed E-state index contributed by atoms with van der Waals surface area (Å²) in [6.07, 6.45) is 1.91. The van der Waals surface area contributed by atoms with Gasteiger partial charge in [0.15, 0.2) is 0 Å². The van der Waals surface area contributed by atoms with Gasteiger partial charge in [0.05, 0.1) is 25.9 Å². The van der Waals surface area contributed by atoms with Crippen molar-refractivity contribution in [2.45, 2.75) is 18.7 Å². The molecule has 0 radical (unpaired) electrons. The lowest BCUT2D eigenvalue weighted by Crippen LogP contribution is -2.32. The third kappa shape index (κ3) is 3.26. The van der Waals surface area contributed by atoms with Gasteiger partial charge >= 0.3 is 0 Å². The third-order valence-corrected chi connectivity index (χ3v) is 4.96. The van der Waals surface area contributed by atoms with Gasteiger partial charge in [-0.1, -0.05) is 0 Å². The van der Waals surface area contributed by atoms with Crippen molar-refractivity contribution in [3.8, 4) is 0 Å². The van der Waals surface area contributed by atoms with E-state index in [1.54, 1.807) is 30.3 Å². The van der Waals surface area contributed by atoms with Gasteiger partial charge in [-0.2, -0.15) is 0 Å². The average Bonchev–Trinajstić information content (AvgIpc) is 3.15. The lowest BCUT2D eigenvalue weighted by atomic mass is 10.0. The fraction of sp³-hybridized carbons (Fsp3) is 0.714. The Morgan fingerprint density at radius 2 is 2.43 bits per heavy atom. The molecule has 7 heteroatoms. The van der Waals surface area contributed by atoms with Gasteiger partial charge in [-0.15, -0.1) is 11.3 Å². The number of carbonyl (C=O) groups excluding carboxylic acids is 1. The minimum Gasteiger partial charge on any atom is -0.379 e. The van der Waals surface area contributed by atoms with Crippen molar-refractivity contribution in [2.75, 3.05) is 40.5 Å². The van der Waals surface area contributed by atoms with Gasteiger partial charge in [-0.3, -0.25) is 9.69 Å². The summed E-state index contributed by atoms with van der Waals surface area (Å²) in [5.74, 6) is 0.365. The normalized spacial score (nSPS) is 28.8. The maximum absolute atomic E-state index is 11.7. The van der Waals surface area contributed by atoms with Crippen LogP contribution in [0.3, 0.4) is 0 Å². The number of carbonyl (C=O) groups is 1. The molecule has 2 saturated heterocycles. The zero-order valence-electron chi connectivity index (χ0n) is 12.4. The number of amides is 1. The summed E-state index contributed by atoms with van der Waals surface area (Å²) in [5.41, 5.74) is 0. The molecule has 0 bridgehead atoms. The fourth-order valence-corrected chi connectivity index (χ4v) is 3.60. The van der Waals surface area contributed by atoms with Gasteiger partial charge in [-0.05, 0) is 0 Å². The molecule has 0 aromatic carbocycles. The summed E-state index contributed by atoms with van der Waals surface area (Å²) >= 11 is 1.67. The van der Waals surface area contributed by atoms with Crippen LogP contribution in [0.25, 0.3) is 0 Å². The zero-order valence-corrected chi connectivity index (χ0v) is 13.2. The first-order chi connectivity index (χ1) is 10.1. The van der Waals surface area contributed by atoms with Crippen LogP contribution >= 0.6 is 11.3 Å². The molecule has 0 spiro atoms. The number of aromatic nitrogens is 1. The number of likely N-dealkylation sites (tertiary alicyclic amines) is 1. The molecule has 2 aliphatic heterocycles. The number of hydrogen-bond donors (Lipinski definition) is 0. The van der Waals surface area contributed by atoms with E-state index >= 15 is 0 Å². The Labute approximate surface area is 128 Å². The van der Waals surface area contributed by atoms with E-state index in [1.807, 2.05) is 11.6 Å². The summed E-state index contributed by atoms with van der Waals surface area (Å²) < 4.78 is 11.5. The Bertz CT molecular complexity index is 480. The van der Waals surface area contributed by atoms with Crippen LogP contribution in [-0.4, -0.2) is 73.3 Å². The molecule has 21 heavy (non-hydrogen) atoms. The minimum atomic E-state index is 0.00355. The molecule has 116 valence electrons. The van der Waals surface area contributed by atoms with E-state index in [1.165, 1.54) is 0 Å². The lowest BCUT2D eigenvalue weighted by molar-refractivity contribution is -0.136. The molecule has 0 N–H and O–H groups in total. The molecule has 6 nitrogen and oxygen atoms in total. The van der Waals surface area contributed by atoms with Crippen LogP contribution in [0.5, 0.6) is 0 Å². The van der Waals surface area contributed by atoms with Crippen molar-refractivity contribution < 1.29 is 14.3 Å². The molecule has 3 rings (SSSR count). The SMILES string of the molecule is CN(C)C(=O)CO[C@@H]1CN(Cc2nccs2)[C@H]2COC[C@@H]12. The largest absolute Gasteiger partial charge is 0.379 e. The van der Waals surface area contributed by atoms with Gasteiger partial charge < -0.3 is 14.4 Å². The number of rotatable bonds is 5. The molecule has 0 saturated carbocycles. The van der Waals surface area contributed by atoms with Crippen molar-refractivity contribution in [1.82, 2.24) is 14.8 Å². The first kappa shape index (κ1) is 14.9. The molecule has 1 aromatic rings. The van der Waals surface area contributed by atoms with Crippen molar-refractivity contribution in [3.63, 3.8) is 0 Å². The average molecular weight is 311 g/mol. The van der Waals surface area contributed by atoms with Gasteiger partial charge in [0.2, 0.25) is 5.91 Å². The summed E-state index contributed by atoms with van der Waals surface area (Å²) in [6.45, 7) is 3.30. The Balaban J connectivity index is 1.59. The fourth-order valence-electron chi connectivity index (χ4n) is 2.96. The number of fused-ring (bicyclic) bond motifs is 1. The van der Waals surface area contributed by atoms with E-state index in [2.05, 4.69) is 9.88 Å². The Kier molecular flexibility index (Phi) is 4.54. The molecular weight excluding hydrogens is 290 g/mol. The summed E-state index contributed by atoms with van der Waals surface area (Å²) in [4.78, 5) is 20.0. The van der Waals surface area contributed by atoms with E-state index in [0.717, 1.165) is 31.3 Å². The maximum Gasteiger partial charge on any atom is 0.248 e. The molecular formula is C14H21N3O3S. The monoisotopic (exact) mass is 311 g/mol. The lowest BCUT2D eigenvalue weighted by Gasteiger charge is -2.20. The second-order valence-corrected chi connectivity index (χ2v) is 6.74. The van der Waals surface area contributed by atoms with E-state index in [9.17, 15) is 4.79 Å². The molecule has 2 aliphatic rings. The summed E-state index contributed by atoms with van der Waals surface area (Å²) in [6, 6.07) is 0.383. The Morgan fingerprint density at radius 3 is 3.14 bits per heavy atom. The number of hydrogen-bond acceptors (Lipinski definition) is 6. The van der Waals surface area contributed by atoms with Crippen LogP contribution in [0.15, 0.2) is 11.6 Å². The van der Waals surface area contributed by atoms with Gasteiger partial charge in [0, 0.05) is 44.2 Å². The second-order valence-electron chi connectivity index (χ2n) is 5.76. The second kappa shape index (κ2) is 6.39. The van der Waals surface area contributed by atoms with Crippen molar-refractivity contribution in [1.29, 1.82) is 0 Å². The topological polar surface area (TPSA) is 54.9 Å². The third-order valence-electron chi connectivity index (χ3n) is 4.20. The van der Waals surface area contributed by atoms with E-state index in [0.29, 0.717) is 12.0 Å². The highest BCUT2D eigenvalue weighted by Crippen LogP contribution is 2.33. The summed E-state index contributed by atoms with van der Waals surface area (Å²) in [7, 11) is 3.49. The van der Waals surface area contributed by atoms with Crippen LogP contribution in [-0.2, 0) is 20.8 Å². The first-order valence-corrected chi connectivity index (χ1v) is 8.05. The van der Waals surface area contributed by atoms with E-state index < -0.39 is 0 Å². The van der Waals surface area contributed by atoms with Crippen molar-refractivity contribution in [2.24, 2.45) is 5.92 Å².